The Hall–Kier alpha value is -0.610. The third kappa shape index (κ3) is 5.83. The first-order chi connectivity index (χ1) is 8.58. The zero-order valence-corrected chi connectivity index (χ0v) is 11.8. The Labute approximate surface area is 111 Å². The Morgan fingerprint density at radius 3 is 2.61 bits per heavy atom. The van der Waals surface area contributed by atoms with Gasteiger partial charge in [-0.25, -0.2) is 0 Å². The van der Waals surface area contributed by atoms with Crippen LogP contribution >= 0.6 is 0 Å². The van der Waals surface area contributed by atoms with Crippen LogP contribution in [0.5, 0.6) is 0 Å². The summed E-state index contributed by atoms with van der Waals surface area (Å²) in [4.78, 5) is 11.5. The van der Waals surface area contributed by atoms with Crippen LogP contribution in [-0.2, 0) is 9.53 Å². The predicted molar refractivity (Wildman–Crippen MR) is 73.3 cm³/mol. The molecule has 18 heavy (non-hydrogen) atoms. The summed E-state index contributed by atoms with van der Waals surface area (Å²) in [6.45, 7) is 5.47. The third-order valence-corrected chi connectivity index (χ3v) is 3.53. The van der Waals surface area contributed by atoms with E-state index in [-0.39, 0.29) is 5.91 Å². The van der Waals surface area contributed by atoms with E-state index in [4.69, 9.17) is 10.5 Å². The van der Waals surface area contributed by atoms with Crippen molar-refractivity contribution in [2.45, 2.75) is 70.4 Å². The van der Waals surface area contributed by atoms with Crippen molar-refractivity contribution in [1.29, 1.82) is 0 Å². The number of hydrogen-bond acceptors (Lipinski definition) is 3. The fraction of sp³-hybridized carbons (Fsp3) is 0.929. The highest BCUT2D eigenvalue weighted by Gasteiger charge is 2.36. The van der Waals surface area contributed by atoms with Crippen molar-refractivity contribution in [3.8, 4) is 0 Å². The fourth-order valence-electron chi connectivity index (χ4n) is 1.95. The van der Waals surface area contributed by atoms with Gasteiger partial charge in [0, 0.05) is 19.3 Å². The minimum absolute atomic E-state index is 0.274. The second kappa shape index (κ2) is 7.74. The number of unbranched alkanes of at least 4 members (excludes halogenated alkanes) is 3. The Bertz CT molecular complexity index is 254. The molecular formula is C14H28N2O2. The van der Waals surface area contributed by atoms with Gasteiger partial charge < -0.3 is 15.8 Å². The van der Waals surface area contributed by atoms with Crippen LogP contribution in [0.15, 0.2) is 0 Å². The number of carbonyl (C=O) groups is 1. The first-order valence-electron chi connectivity index (χ1n) is 7.24. The summed E-state index contributed by atoms with van der Waals surface area (Å²) < 4.78 is 5.58. The molecule has 0 aromatic rings. The summed E-state index contributed by atoms with van der Waals surface area (Å²) in [7, 11) is 0. The van der Waals surface area contributed by atoms with Gasteiger partial charge in [-0.1, -0.05) is 26.2 Å². The van der Waals surface area contributed by atoms with Crippen molar-refractivity contribution in [1.82, 2.24) is 5.32 Å². The fourth-order valence-corrected chi connectivity index (χ4v) is 1.95. The lowest BCUT2D eigenvalue weighted by Crippen LogP contribution is -2.54. The van der Waals surface area contributed by atoms with E-state index >= 15 is 0 Å². The molecule has 0 aliphatic heterocycles. The van der Waals surface area contributed by atoms with Gasteiger partial charge in [0.2, 0.25) is 5.91 Å². The van der Waals surface area contributed by atoms with Gasteiger partial charge in [-0.3, -0.25) is 4.79 Å². The lowest BCUT2D eigenvalue weighted by atomic mass is 9.97. The molecular weight excluding hydrogens is 228 g/mol. The van der Waals surface area contributed by atoms with Crippen LogP contribution in [0.1, 0.15) is 58.8 Å². The second-order valence-electron chi connectivity index (χ2n) is 5.54. The molecule has 106 valence electrons. The van der Waals surface area contributed by atoms with Crippen LogP contribution in [0.2, 0.25) is 0 Å². The number of primary amides is 1. The van der Waals surface area contributed by atoms with E-state index in [1.54, 1.807) is 0 Å². The van der Waals surface area contributed by atoms with Gasteiger partial charge in [0.1, 0.15) is 0 Å². The van der Waals surface area contributed by atoms with Gasteiger partial charge in [0.05, 0.1) is 5.54 Å². The highest BCUT2D eigenvalue weighted by molar-refractivity contribution is 5.84. The van der Waals surface area contributed by atoms with E-state index < -0.39 is 5.54 Å². The maximum Gasteiger partial charge on any atom is 0.237 e. The number of hydrogen-bond donors (Lipinski definition) is 2. The predicted octanol–water partition coefficient (Wildman–Crippen LogP) is 1.97. The van der Waals surface area contributed by atoms with Crippen molar-refractivity contribution in [3.05, 3.63) is 0 Å². The molecule has 1 unspecified atom stereocenters. The third-order valence-electron chi connectivity index (χ3n) is 3.53. The maximum absolute atomic E-state index is 11.5. The van der Waals surface area contributed by atoms with E-state index in [1.165, 1.54) is 19.3 Å². The highest BCUT2D eigenvalue weighted by atomic mass is 16.5. The molecule has 0 radical (unpaired) electrons. The van der Waals surface area contributed by atoms with Crippen molar-refractivity contribution in [2.75, 3.05) is 13.2 Å². The summed E-state index contributed by atoms with van der Waals surface area (Å²) in [6, 6.07) is 0.479. The number of carbonyl (C=O) groups excluding carboxylic acids is 1. The molecule has 1 saturated carbocycles. The Balaban J connectivity index is 2.11. The number of ether oxygens (including phenoxy) is 1. The summed E-state index contributed by atoms with van der Waals surface area (Å²) in [5.41, 5.74) is 4.86. The lowest BCUT2D eigenvalue weighted by Gasteiger charge is -2.27. The lowest BCUT2D eigenvalue weighted by molar-refractivity contribution is -0.124. The SMILES string of the molecule is CCCCCCOCCC(C)(NC1CC1)C(N)=O. The molecule has 4 heteroatoms. The Kier molecular flexibility index (Phi) is 6.65. The van der Waals surface area contributed by atoms with Gasteiger partial charge in [-0.15, -0.1) is 0 Å². The van der Waals surface area contributed by atoms with Crippen molar-refractivity contribution in [3.63, 3.8) is 0 Å². The smallest absolute Gasteiger partial charge is 0.237 e. The molecule has 0 spiro atoms. The molecule has 1 fully saturated rings. The van der Waals surface area contributed by atoms with Gasteiger partial charge in [0.25, 0.3) is 0 Å². The van der Waals surface area contributed by atoms with Crippen molar-refractivity contribution < 1.29 is 9.53 Å². The summed E-state index contributed by atoms with van der Waals surface area (Å²) in [5, 5.41) is 3.32. The van der Waals surface area contributed by atoms with Crippen LogP contribution in [0.25, 0.3) is 0 Å². The highest BCUT2D eigenvalue weighted by Crippen LogP contribution is 2.24. The minimum Gasteiger partial charge on any atom is -0.381 e. The van der Waals surface area contributed by atoms with E-state index in [0.29, 0.717) is 19.1 Å². The molecule has 0 saturated heterocycles. The van der Waals surface area contributed by atoms with Crippen molar-refractivity contribution >= 4 is 5.91 Å². The summed E-state index contributed by atoms with van der Waals surface area (Å²) >= 11 is 0. The maximum atomic E-state index is 11.5. The Morgan fingerprint density at radius 1 is 1.33 bits per heavy atom. The first kappa shape index (κ1) is 15.4. The molecule has 3 N–H and O–H groups in total. The number of nitrogens with two attached hydrogens (primary N) is 1. The standard InChI is InChI=1S/C14H28N2O2/c1-3-4-5-6-10-18-11-9-14(2,13(15)17)16-12-7-8-12/h12,16H,3-11H2,1-2H3,(H2,15,17). The number of nitrogens with one attached hydrogen (secondary N) is 1. The quantitative estimate of drug-likeness (QED) is 0.555. The monoisotopic (exact) mass is 256 g/mol. The van der Waals surface area contributed by atoms with Gasteiger partial charge in [0.15, 0.2) is 0 Å². The average molecular weight is 256 g/mol. The van der Waals surface area contributed by atoms with E-state index in [0.717, 1.165) is 25.9 Å². The zero-order chi connectivity index (χ0) is 13.4. The van der Waals surface area contributed by atoms with Crippen LogP contribution in [-0.4, -0.2) is 30.7 Å². The van der Waals surface area contributed by atoms with Gasteiger partial charge in [-0.05, 0) is 32.6 Å². The van der Waals surface area contributed by atoms with E-state index in [9.17, 15) is 4.79 Å². The summed E-state index contributed by atoms with van der Waals surface area (Å²) in [6.07, 6.45) is 7.81. The van der Waals surface area contributed by atoms with E-state index in [1.807, 2.05) is 6.92 Å². The molecule has 0 bridgehead atoms. The zero-order valence-electron chi connectivity index (χ0n) is 11.8. The molecule has 1 aliphatic rings. The van der Waals surface area contributed by atoms with Crippen LogP contribution in [0.3, 0.4) is 0 Å². The number of amides is 1. The van der Waals surface area contributed by atoms with Crippen LogP contribution in [0.4, 0.5) is 0 Å². The molecule has 4 nitrogen and oxygen atoms in total. The van der Waals surface area contributed by atoms with E-state index in [2.05, 4.69) is 12.2 Å². The minimum atomic E-state index is -0.607. The van der Waals surface area contributed by atoms with Gasteiger partial charge in [-0.2, -0.15) is 0 Å². The normalized spacial score (nSPS) is 18.6. The molecule has 1 aliphatic carbocycles. The molecule has 1 amide bonds. The average Bonchev–Trinajstić information content (AvgIpc) is 3.11. The van der Waals surface area contributed by atoms with Crippen LogP contribution < -0.4 is 11.1 Å². The second-order valence-corrected chi connectivity index (χ2v) is 5.54. The molecule has 1 atom stereocenters. The van der Waals surface area contributed by atoms with Gasteiger partial charge >= 0.3 is 0 Å². The topological polar surface area (TPSA) is 64.3 Å². The molecule has 0 heterocycles. The summed E-state index contributed by atoms with van der Waals surface area (Å²) in [5.74, 6) is -0.274. The van der Waals surface area contributed by atoms with Crippen molar-refractivity contribution in [2.24, 2.45) is 5.73 Å². The Morgan fingerprint density at radius 2 is 2.06 bits per heavy atom. The number of rotatable bonds is 11. The first-order valence-corrected chi connectivity index (χ1v) is 7.24. The molecule has 0 aromatic heterocycles. The molecule has 1 rings (SSSR count). The van der Waals surface area contributed by atoms with Crippen LogP contribution in [0, 0.1) is 0 Å². The largest absolute Gasteiger partial charge is 0.381 e. The molecule has 0 aromatic carbocycles.